The molecule has 1 aliphatic rings. The Kier molecular flexibility index (Phi) is 4.33. The fraction of sp³-hybridized carbons (Fsp3) is 0. The van der Waals surface area contributed by atoms with Crippen LogP contribution in [0.25, 0.3) is 6.08 Å². The van der Waals surface area contributed by atoms with Gasteiger partial charge in [0.25, 0.3) is 5.69 Å². The smallest absolute Gasteiger partial charge is 0.363 e. The summed E-state index contributed by atoms with van der Waals surface area (Å²) in [6, 6.07) is 11.0. The summed E-state index contributed by atoms with van der Waals surface area (Å²) in [6.07, 6.45) is 1.49. The minimum absolute atomic E-state index is 0.0134. The van der Waals surface area contributed by atoms with Crippen LogP contribution in [0.2, 0.25) is 10.0 Å². The Morgan fingerprint density at radius 1 is 1.12 bits per heavy atom. The van der Waals surface area contributed by atoms with Crippen LogP contribution in [0.1, 0.15) is 11.1 Å². The zero-order valence-electron chi connectivity index (χ0n) is 11.9. The molecule has 0 radical (unpaired) electrons. The van der Waals surface area contributed by atoms with Crippen molar-refractivity contribution in [3.05, 3.63) is 79.4 Å². The molecule has 0 aromatic heterocycles. The van der Waals surface area contributed by atoms with Crippen LogP contribution in [0.4, 0.5) is 5.69 Å². The van der Waals surface area contributed by atoms with Crippen LogP contribution in [0.3, 0.4) is 0 Å². The van der Waals surface area contributed by atoms with Gasteiger partial charge in [0.15, 0.2) is 5.70 Å². The van der Waals surface area contributed by atoms with E-state index in [2.05, 4.69) is 4.99 Å². The van der Waals surface area contributed by atoms with Crippen molar-refractivity contribution in [1.29, 1.82) is 0 Å². The van der Waals surface area contributed by atoms with Crippen molar-refractivity contribution in [3.8, 4) is 0 Å². The molecule has 0 saturated heterocycles. The van der Waals surface area contributed by atoms with Gasteiger partial charge in [-0.2, -0.15) is 0 Å². The summed E-state index contributed by atoms with van der Waals surface area (Å²) in [5.74, 6) is -0.694. The molecule has 2 aromatic rings. The predicted molar refractivity (Wildman–Crippen MR) is 90.2 cm³/mol. The second-order valence-electron chi connectivity index (χ2n) is 4.78. The molecule has 120 valence electrons. The van der Waals surface area contributed by atoms with Gasteiger partial charge < -0.3 is 4.74 Å². The molecule has 6 nitrogen and oxygen atoms in total. The van der Waals surface area contributed by atoms with Crippen molar-refractivity contribution < 1.29 is 14.5 Å². The Morgan fingerprint density at radius 3 is 2.58 bits per heavy atom. The van der Waals surface area contributed by atoms with Gasteiger partial charge in [0, 0.05) is 16.7 Å². The lowest BCUT2D eigenvalue weighted by Crippen LogP contribution is -2.06. The molecule has 1 heterocycles. The lowest BCUT2D eigenvalue weighted by Gasteiger charge is -2.00. The van der Waals surface area contributed by atoms with Gasteiger partial charge >= 0.3 is 5.97 Å². The number of nitro groups is 1. The number of carbonyl (C=O) groups excluding carboxylic acids is 1. The zero-order chi connectivity index (χ0) is 17.3. The van der Waals surface area contributed by atoms with E-state index in [1.54, 1.807) is 24.3 Å². The quantitative estimate of drug-likeness (QED) is 0.353. The highest BCUT2D eigenvalue weighted by molar-refractivity contribution is 6.33. The molecule has 24 heavy (non-hydrogen) atoms. The van der Waals surface area contributed by atoms with Crippen LogP contribution < -0.4 is 0 Å². The number of esters is 1. The number of carbonyl (C=O) groups is 1. The minimum Gasteiger partial charge on any atom is -0.402 e. The molecule has 3 rings (SSSR count). The third kappa shape index (κ3) is 3.15. The molecule has 0 bridgehead atoms. The molecule has 0 spiro atoms. The highest BCUT2D eigenvalue weighted by Crippen LogP contribution is 2.28. The van der Waals surface area contributed by atoms with E-state index in [-0.39, 0.29) is 27.9 Å². The first-order valence-corrected chi connectivity index (χ1v) is 7.42. The molecule has 2 aromatic carbocycles. The summed E-state index contributed by atoms with van der Waals surface area (Å²) < 4.78 is 5.08. The van der Waals surface area contributed by atoms with Gasteiger partial charge in [-0.1, -0.05) is 41.4 Å². The number of nitro benzene ring substituents is 1. The third-order valence-corrected chi connectivity index (χ3v) is 3.87. The van der Waals surface area contributed by atoms with Gasteiger partial charge in [-0.3, -0.25) is 10.1 Å². The summed E-state index contributed by atoms with van der Waals surface area (Å²) in [4.78, 5) is 26.4. The van der Waals surface area contributed by atoms with Crippen LogP contribution in [-0.2, 0) is 9.53 Å². The molecule has 0 atom stereocenters. The van der Waals surface area contributed by atoms with Gasteiger partial charge in [-0.25, -0.2) is 9.79 Å². The highest BCUT2D eigenvalue weighted by atomic mass is 35.5. The van der Waals surface area contributed by atoms with E-state index in [1.807, 2.05) is 0 Å². The van der Waals surface area contributed by atoms with Crippen molar-refractivity contribution in [2.45, 2.75) is 0 Å². The SMILES string of the molecule is O=C1OC(c2ccc(Cl)c([N+](=O)[O-])c2)=N/C1=C/c1ccccc1Cl. The Labute approximate surface area is 146 Å². The molecule has 0 unspecified atom stereocenters. The van der Waals surface area contributed by atoms with Gasteiger partial charge in [-0.05, 0) is 29.8 Å². The van der Waals surface area contributed by atoms with E-state index in [0.29, 0.717) is 10.6 Å². The zero-order valence-corrected chi connectivity index (χ0v) is 13.4. The van der Waals surface area contributed by atoms with E-state index >= 15 is 0 Å². The summed E-state index contributed by atoms with van der Waals surface area (Å²) in [7, 11) is 0. The van der Waals surface area contributed by atoms with E-state index in [9.17, 15) is 14.9 Å². The molecular formula is C16H8Cl2N2O4. The van der Waals surface area contributed by atoms with Gasteiger partial charge in [-0.15, -0.1) is 0 Å². The predicted octanol–water partition coefficient (Wildman–Crippen LogP) is 4.25. The maximum atomic E-state index is 12.0. The second kappa shape index (κ2) is 6.43. The third-order valence-electron chi connectivity index (χ3n) is 3.21. The molecule has 8 heteroatoms. The Morgan fingerprint density at radius 2 is 1.88 bits per heavy atom. The highest BCUT2D eigenvalue weighted by Gasteiger charge is 2.26. The van der Waals surface area contributed by atoms with Crippen LogP contribution in [0.15, 0.2) is 53.2 Å². The first-order valence-electron chi connectivity index (χ1n) is 6.67. The maximum Gasteiger partial charge on any atom is 0.363 e. The number of nitrogens with zero attached hydrogens (tertiary/aromatic N) is 2. The first-order chi connectivity index (χ1) is 11.5. The molecular weight excluding hydrogens is 355 g/mol. The van der Waals surface area contributed by atoms with Crippen molar-refractivity contribution in [2.24, 2.45) is 4.99 Å². The monoisotopic (exact) mass is 362 g/mol. The molecule has 0 N–H and O–H groups in total. The standard InChI is InChI=1S/C16H8Cl2N2O4/c17-11-4-2-1-3-9(11)7-13-16(21)24-15(19-13)10-5-6-12(18)14(8-10)20(22)23/h1-8H/b13-7+. The number of cyclic esters (lactones) is 1. The second-order valence-corrected chi connectivity index (χ2v) is 5.60. The van der Waals surface area contributed by atoms with E-state index < -0.39 is 10.9 Å². The Hall–Kier alpha value is -2.70. The Bertz CT molecular complexity index is 922. The van der Waals surface area contributed by atoms with Crippen LogP contribution in [-0.4, -0.2) is 16.8 Å². The number of ether oxygens (including phenoxy) is 1. The topological polar surface area (TPSA) is 81.8 Å². The summed E-state index contributed by atoms with van der Waals surface area (Å²) in [5, 5.41) is 11.4. The van der Waals surface area contributed by atoms with E-state index in [0.717, 1.165) is 0 Å². The van der Waals surface area contributed by atoms with Crippen LogP contribution >= 0.6 is 23.2 Å². The fourth-order valence-corrected chi connectivity index (χ4v) is 2.43. The van der Waals surface area contributed by atoms with Gasteiger partial charge in [0.2, 0.25) is 5.90 Å². The first kappa shape index (κ1) is 16.2. The van der Waals surface area contributed by atoms with Crippen molar-refractivity contribution in [1.82, 2.24) is 0 Å². The number of aliphatic imine (C=N–C) groups is 1. The normalized spacial score (nSPS) is 15.3. The summed E-state index contributed by atoms with van der Waals surface area (Å²) in [6.45, 7) is 0. The largest absolute Gasteiger partial charge is 0.402 e. The minimum atomic E-state index is -0.664. The Balaban J connectivity index is 2.00. The van der Waals surface area contributed by atoms with Gasteiger partial charge in [0.05, 0.1) is 4.92 Å². The van der Waals surface area contributed by atoms with E-state index in [4.69, 9.17) is 27.9 Å². The average molecular weight is 363 g/mol. The van der Waals surface area contributed by atoms with Crippen molar-refractivity contribution in [2.75, 3.05) is 0 Å². The molecule has 0 fully saturated rings. The lowest BCUT2D eigenvalue weighted by atomic mass is 10.2. The summed E-state index contributed by atoms with van der Waals surface area (Å²) >= 11 is 11.8. The molecule has 0 saturated carbocycles. The number of rotatable bonds is 3. The fourth-order valence-electron chi connectivity index (χ4n) is 2.06. The molecule has 1 aliphatic heterocycles. The lowest BCUT2D eigenvalue weighted by molar-refractivity contribution is -0.384. The van der Waals surface area contributed by atoms with Crippen LogP contribution in [0, 0.1) is 10.1 Å². The van der Waals surface area contributed by atoms with E-state index in [1.165, 1.54) is 24.3 Å². The van der Waals surface area contributed by atoms with Gasteiger partial charge in [0.1, 0.15) is 5.02 Å². The van der Waals surface area contributed by atoms with Crippen molar-refractivity contribution in [3.63, 3.8) is 0 Å². The number of halogens is 2. The maximum absolute atomic E-state index is 12.0. The van der Waals surface area contributed by atoms with Crippen molar-refractivity contribution >= 4 is 46.8 Å². The molecule has 0 aliphatic carbocycles. The average Bonchev–Trinajstić information content (AvgIpc) is 2.91. The van der Waals surface area contributed by atoms with Crippen LogP contribution in [0.5, 0.6) is 0 Å². The summed E-state index contributed by atoms with van der Waals surface area (Å²) in [5.41, 5.74) is 0.646. The number of hydrogen-bond donors (Lipinski definition) is 0. The number of benzene rings is 2. The number of hydrogen-bond acceptors (Lipinski definition) is 5. The molecule has 0 amide bonds.